The maximum absolute atomic E-state index is 13.3. The zero-order valence-corrected chi connectivity index (χ0v) is 13.5. The third kappa shape index (κ3) is 4.73. The van der Waals surface area contributed by atoms with Gasteiger partial charge in [0.05, 0.1) is 0 Å². The average Bonchev–Trinajstić information content (AvgIpc) is 2.52. The van der Waals surface area contributed by atoms with Gasteiger partial charge in [-0.05, 0) is 17.7 Å². The van der Waals surface area contributed by atoms with E-state index < -0.39 is 29.5 Å². The number of hydrogen-bond acceptors (Lipinski definition) is 3. The Balaban J connectivity index is 0.00000312. The largest absolute Gasteiger partial charge is 0.507 e. The van der Waals surface area contributed by atoms with Crippen molar-refractivity contribution in [3.8, 4) is 11.5 Å². The number of ether oxygens (including phenoxy) is 1. The van der Waals surface area contributed by atoms with Crippen molar-refractivity contribution in [1.29, 1.82) is 0 Å². The van der Waals surface area contributed by atoms with E-state index in [-0.39, 0.29) is 24.8 Å². The number of aromatic hydroxyl groups is 1. The van der Waals surface area contributed by atoms with Crippen LogP contribution in [0, 0.1) is 0 Å². The second kappa shape index (κ2) is 7.88. The van der Waals surface area contributed by atoms with Crippen molar-refractivity contribution in [2.45, 2.75) is 24.7 Å². The number of rotatable bonds is 5. The Kier molecular flexibility index (Phi) is 6.61. The average molecular weight is 384 g/mol. The fraction of sp³-hybridized carbons (Fsp3) is 0.250. The minimum Gasteiger partial charge on any atom is -0.507 e. The summed E-state index contributed by atoms with van der Waals surface area (Å²) in [6.07, 6.45) is -5.82. The highest BCUT2D eigenvalue weighted by Crippen LogP contribution is 2.45. The van der Waals surface area contributed by atoms with E-state index in [1.54, 1.807) is 24.3 Å². The van der Waals surface area contributed by atoms with E-state index in [4.69, 9.17) is 10.5 Å². The summed E-state index contributed by atoms with van der Waals surface area (Å²) in [4.78, 5) is 0. The molecule has 9 heteroatoms. The first-order valence-corrected chi connectivity index (χ1v) is 6.82. The third-order valence-corrected chi connectivity index (χ3v) is 3.35. The Labute approximate surface area is 146 Å². The molecule has 2 aromatic rings. The highest BCUT2D eigenvalue weighted by Gasteiger charge is 2.62. The van der Waals surface area contributed by atoms with Crippen LogP contribution in [0.25, 0.3) is 0 Å². The molecule has 0 aliphatic carbocycles. The van der Waals surface area contributed by atoms with Crippen molar-refractivity contribution in [3.05, 3.63) is 59.7 Å². The quantitative estimate of drug-likeness (QED) is 0.742. The molecule has 0 aromatic heterocycles. The maximum Gasteiger partial charge on any atom is 0.455 e. The van der Waals surface area contributed by atoms with E-state index in [0.29, 0.717) is 0 Å². The van der Waals surface area contributed by atoms with Crippen molar-refractivity contribution in [3.63, 3.8) is 0 Å². The second-order valence-corrected chi connectivity index (χ2v) is 5.09. The predicted octanol–water partition coefficient (Wildman–Crippen LogP) is 4.59. The third-order valence-electron chi connectivity index (χ3n) is 3.35. The van der Waals surface area contributed by atoms with Crippen LogP contribution in [0.15, 0.2) is 48.5 Å². The predicted molar refractivity (Wildman–Crippen MR) is 84.1 cm³/mol. The van der Waals surface area contributed by atoms with Crippen LogP contribution >= 0.6 is 12.4 Å². The number of benzene rings is 2. The summed E-state index contributed by atoms with van der Waals surface area (Å²) in [7, 11) is 0. The Hall–Kier alpha value is -2.06. The van der Waals surface area contributed by atoms with Gasteiger partial charge in [-0.15, -0.1) is 12.4 Å². The lowest BCUT2D eigenvalue weighted by atomic mass is 10.00. The molecule has 0 unspecified atom stereocenters. The molecule has 0 fully saturated rings. The first-order chi connectivity index (χ1) is 11.1. The number of phenolic OH excluding ortho intramolecular Hbond substituents is 1. The molecule has 0 amide bonds. The standard InChI is InChI=1S/C16H14F5NO2.ClH/c17-15(18,16(19,20)21)14(22)12-7-6-11(8-13(12)23)24-9-10-4-2-1-3-5-10;/h1-8,14,23H,9,22H2;1H/t14-;/m1./s1. The van der Waals surface area contributed by atoms with Crippen LogP contribution in [0.5, 0.6) is 11.5 Å². The van der Waals surface area contributed by atoms with Crippen molar-refractivity contribution in [2.75, 3.05) is 0 Å². The van der Waals surface area contributed by atoms with Crippen LogP contribution in [-0.4, -0.2) is 17.2 Å². The molecule has 0 aliphatic rings. The van der Waals surface area contributed by atoms with Gasteiger partial charge in [0.2, 0.25) is 0 Å². The highest BCUT2D eigenvalue weighted by atomic mass is 35.5. The van der Waals surface area contributed by atoms with Crippen molar-refractivity contribution in [2.24, 2.45) is 5.73 Å². The fourth-order valence-electron chi connectivity index (χ4n) is 1.99. The first-order valence-electron chi connectivity index (χ1n) is 6.82. The normalized spacial score (nSPS) is 13.0. The lowest BCUT2D eigenvalue weighted by Crippen LogP contribution is -2.45. The van der Waals surface area contributed by atoms with Crippen LogP contribution in [-0.2, 0) is 6.61 Å². The molecule has 3 nitrogen and oxygen atoms in total. The number of halogens is 6. The summed E-state index contributed by atoms with van der Waals surface area (Å²) in [6, 6.07) is 9.25. The van der Waals surface area contributed by atoms with E-state index in [1.807, 2.05) is 6.07 Å². The maximum atomic E-state index is 13.3. The lowest BCUT2D eigenvalue weighted by Gasteiger charge is -2.26. The molecule has 25 heavy (non-hydrogen) atoms. The van der Waals surface area contributed by atoms with Gasteiger partial charge in [0.25, 0.3) is 0 Å². The fourth-order valence-corrected chi connectivity index (χ4v) is 1.99. The highest BCUT2D eigenvalue weighted by molar-refractivity contribution is 5.85. The van der Waals surface area contributed by atoms with Gasteiger partial charge in [-0.3, -0.25) is 0 Å². The van der Waals surface area contributed by atoms with Gasteiger partial charge in [0, 0.05) is 11.6 Å². The molecule has 0 saturated heterocycles. The molecule has 0 bridgehead atoms. The smallest absolute Gasteiger partial charge is 0.455 e. The van der Waals surface area contributed by atoms with E-state index in [9.17, 15) is 27.1 Å². The van der Waals surface area contributed by atoms with Crippen LogP contribution < -0.4 is 10.5 Å². The molecule has 138 valence electrons. The topological polar surface area (TPSA) is 55.5 Å². The van der Waals surface area contributed by atoms with Crippen LogP contribution in [0.1, 0.15) is 17.2 Å². The molecule has 3 N–H and O–H groups in total. The molecular formula is C16H15ClF5NO2. The minimum atomic E-state index is -5.82. The van der Waals surface area contributed by atoms with Gasteiger partial charge < -0.3 is 15.6 Å². The van der Waals surface area contributed by atoms with E-state index >= 15 is 0 Å². The van der Waals surface area contributed by atoms with Gasteiger partial charge in [0.15, 0.2) is 0 Å². The molecule has 2 rings (SSSR count). The molecule has 0 radical (unpaired) electrons. The summed E-state index contributed by atoms with van der Waals surface area (Å²) < 4.78 is 68.9. The summed E-state index contributed by atoms with van der Waals surface area (Å²) >= 11 is 0. The van der Waals surface area contributed by atoms with Gasteiger partial charge in [-0.2, -0.15) is 22.0 Å². The minimum absolute atomic E-state index is 0. The number of alkyl halides is 5. The van der Waals surface area contributed by atoms with E-state index in [1.165, 1.54) is 6.07 Å². The number of nitrogens with two attached hydrogens (primary N) is 1. The zero-order chi connectivity index (χ0) is 18.0. The van der Waals surface area contributed by atoms with Gasteiger partial charge >= 0.3 is 12.1 Å². The van der Waals surface area contributed by atoms with Crippen molar-refractivity contribution in [1.82, 2.24) is 0 Å². The SMILES string of the molecule is Cl.N[C@H](c1ccc(OCc2ccccc2)cc1O)C(F)(F)C(F)(F)F. The summed E-state index contributed by atoms with van der Waals surface area (Å²) in [5.41, 5.74) is 5.11. The van der Waals surface area contributed by atoms with Crippen LogP contribution in [0.2, 0.25) is 0 Å². The Morgan fingerprint density at radius 2 is 1.60 bits per heavy atom. The summed E-state index contributed by atoms with van der Waals surface area (Å²) in [5, 5.41) is 9.73. The van der Waals surface area contributed by atoms with Crippen molar-refractivity contribution >= 4 is 12.4 Å². The Morgan fingerprint density at radius 3 is 2.12 bits per heavy atom. The molecule has 0 heterocycles. The van der Waals surface area contributed by atoms with Gasteiger partial charge in [-0.25, -0.2) is 0 Å². The molecular weight excluding hydrogens is 369 g/mol. The monoisotopic (exact) mass is 383 g/mol. The molecule has 0 saturated carbocycles. The van der Waals surface area contributed by atoms with Gasteiger partial charge in [-0.1, -0.05) is 30.3 Å². The Bertz CT molecular complexity index is 695. The number of hydrogen-bond donors (Lipinski definition) is 2. The van der Waals surface area contributed by atoms with E-state index in [2.05, 4.69) is 0 Å². The summed E-state index contributed by atoms with van der Waals surface area (Å²) in [6.45, 7) is 0.143. The molecule has 1 atom stereocenters. The number of phenols is 1. The first kappa shape index (κ1) is 21.0. The Morgan fingerprint density at radius 1 is 1.00 bits per heavy atom. The molecule has 2 aromatic carbocycles. The molecule has 0 spiro atoms. The van der Waals surface area contributed by atoms with Crippen molar-refractivity contribution < 1.29 is 31.8 Å². The van der Waals surface area contributed by atoms with Crippen LogP contribution in [0.4, 0.5) is 22.0 Å². The van der Waals surface area contributed by atoms with E-state index in [0.717, 1.165) is 17.7 Å². The summed E-state index contributed by atoms with van der Waals surface area (Å²) in [5.74, 6) is -5.85. The van der Waals surface area contributed by atoms with Gasteiger partial charge in [0.1, 0.15) is 24.1 Å². The molecule has 0 aliphatic heterocycles. The lowest BCUT2D eigenvalue weighted by molar-refractivity contribution is -0.291. The van der Waals surface area contributed by atoms with Crippen LogP contribution in [0.3, 0.4) is 0 Å². The second-order valence-electron chi connectivity index (χ2n) is 5.09. The zero-order valence-electron chi connectivity index (χ0n) is 12.6.